The zero-order chi connectivity index (χ0) is 15.4. The molecule has 6 heteroatoms. The molecule has 0 saturated heterocycles. The highest BCUT2D eigenvalue weighted by Gasteiger charge is 2.20. The van der Waals surface area contributed by atoms with Crippen LogP contribution in [-0.4, -0.2) is 28.6 Å². The van der Waals surface area contributed by atoms with Crippen molar-refractivity contribution in [2.45, 2.75) is 0 Å². The van der Waals surface area contributed by atoms with E-state index in [2.05, 4.69) is 0 Å². The van der Waals surface area contributed by atoms with Crippen molar-refractivity contribution in [3.05, 3.63) is 59.1 Å². The van der Waals surface area contributed by atoms with Gasteiger partial charge in [0.1, 0.15) is 12.3 Å². The summed E-state index contributed by atoms with van der Waals surface area (Å²) in [6.45, 7) is -0.490. The number of rotatable bonds is 4. The number of phenols is 1. The maximum absolute atomic E-state index is 12.5. The maximum Gasteiger partial charge on any atom is 0.323 e. The molecule has 0 saturated carbocycles. The van der Waals surface area contributed by atoms with Crippen molar-refractivity contribution in [2.24, 2.45) is 0 Å². The van der Waals surface area contributed by atoms with Crippen LogP contribution in [0.2, 0.25) is 5.02 Å². The normalized spacial score (nSPS) is 10.1. The Hall–Kier alpha value is -2.53. The van der Waals surface area contributed by atoms with E-state index in [-0.39, 0.29) is 11.3 Å². The van der Waals surface area contributed by atoms with Crippen LogP contribution in [-0.2, 0) is 4.79 Å². The Kier molecular flexibility index (Phi) is 4.45. The Balaban J connectivity index is 2.38. The molecule has 0 aliphatic carbocycles. The topological polar surface area (TPSA) is 77.8 Å². The lowest BCUT2D eigenvalue weighted by Crippen LogP contribution is -2.35. The number of aromatic hydroxyl groups is 1. The van der Waals surface area contributed by atoms with Gasteiger partial charge in [-0.15, -0.1) is 0 Å². The molecule has 0 aliphatic heterocycles. The molecule has 0 atom stereocenters. The number of carbonyl (C=O) groups is 2. The van der Waals surface area contributed by atoms with Gasteiger partial charge in [0, 0.05) is 16.3 Å². The first-order chi connectivity index (χ1) is 9.97. The number of hydrogen-bond donors (Lipinski definition) is 2. The highest BCUT2D eigenvalue weighted by atomic mass is 35.5. The average Bonchev–Trinajstić information content (AvgIpc) is 2.45. The first-order valence-electron chi connectivity index (χ1n) is 6.05. The molecule has 2 N–H and O–H groups in total. The number of aliphatic carboxylic acids is 1. The van der Waals surface area contributed by atoms with Crippen LogP contribution in [0.3, 0.4) is 0 Å². The second-order valence-corrected chi connectivity index (χ2v) is 4.75. The van der Waals surface area contributed by atoms with Gasteiger partial charge >= 0.3 is 5.97 Å². The molecule has 0 aromatic heterocycles. The van der Waals surface area contributed by atoms with E-state index in [0.29, 0.717) is 10.7 Å². The van der Waals surface area contributed by atoms with Crippen molar-refractivity contribution in [3.63, 3.8) is 0 Å². The Bertz CT molecular complexity index is 670. The lowest BCUT2D eigenvalue weighted by molar-refractivity contribution is -0.135. The number of amides is 1. The molecule has 2 rings (SSSR count). The minimum atomic E-state index is -1.14. The third-order valence-corrected chi connectivity index (χ3v) is 3.01. The Morgan fingerprint density at radius 1 is 1.10 bits per heavy atom. The summed E-state index contributed by atoms with van der Waals surface area (Å²) >= 11 is 5.85. The fraction of sp³-hybridized carbons (Fsp3) is 0.0667. The van der Waals surface area contributed by atoms with Gasteiger partial charge in [0.15, 0.2) is 0 Å². The van der Waals surface area contributed by atoms with Gasteiger partial charge in [-0.25, -0.2) is 0 Å². The standard InChI is InChI=1S/C15H12ClNO4/c16-11-3-1-2-10(8-11)15(21)17(9-14(19)20)12-4-6-13(18)7-5-12/h1-8,18H,9H2,(H,19,20). The van der Waals surface area contributed by atoms with Crippen LogP contribution in [0.5, 0.6) is 5.75 Å². The second-order valence-electron chi connectivity index (χ2n) is 4.31. The van der Waals surface area contributed by atoms with E-state index >= 15 is 0 Å². The van der Waals surface area contributed by atoms with E-state index in [0.717, 1.165) is 4.90 Å². The van der Waals surface area contributed by atoms with Gasteiger partial charge in [-0.05, 0) is 42.5 Å². The molecule has 21 heavy (non-hydrogen) atoms. The van der Waals surface area contributed by atoms with Crippen molar-refractivity contribution < 1.29 is 19.8 Å². The molecular formula is C15H12ClNO4. The summed E-state index contributed by atoms with van der Waals surface area (Å²) in [5, 5.41) is 18.6. The predicted octanol–water partition coefficient (Wildman–Crippen LogP) is 2.78. The molecule has 5 nitrogen and oxygen atoms in total. The number of hydrogen-bond acceptors (Lipinski definition) is 3. The zero-order valence-corrected chi connectivity index (χ0v) is 11.6. The summed E-state index contributed by atoms with van der Waals surface area (Å²) in [7, 11) is 0. The number of carboxylic acids is 1. The van der Waals surface area contributed by atoms with Crippen LogP contribution < -0.4 is 4.90 Å². The molecule has 2 aromatic rings. The molecule has 0 unspecified atom stereocenters. The number of halogens is 1. The number of benzene rings is 2. The summed E-state index contributed by atoms with van der Waals surface area (Å²) in [5.41, 5.74) is 0.664. The van der Waals surface area contributed by atoms with Gasteiger partial charge in [-0.2, -0.15) is 0 Å². The average molecular weight is 306 g/mol. The summed E-state index contributed by atoms with van der Waals surface area (Å²) < 4.78 is 0. The SMILES string of the molecule is O=C(O)CN(C(=O)c1cccc(Cl)c1)c1ccc(O)cc1. The summed E-state index contributed by atoms with van der Waals surface area (Å²) in [4.78, 5) is 24.5. The van der Waals surface area contributed by atoms with Crippen LogP contribution in [0.15, 0.2) is 48.5 Å². The Labute approximate surface area is 126 Å². The monoisotopic (exact) mass is 305 g/mol. The molecule has 0 aliphatic rings. The Morgan fingerprint density at radius 2 is 1.76 bits per heavy atom. The van der Waals surface area contributed by atoms with Gasteiger partial charge in [-0.3, -0.25) is 14.5 Å². The molecule has 1 amide bonds. The van der Waals surface area contributed by atoms with Crippen molar-refractivity contribution >= 4 is 29.2 Å². The number of carboxylic acid groups (broad SMARTS) is 1. The van der Waals surface area contributed by atoms with Crippen molar-refractivity contribution in [1.82, 2.24) is 0 Å². The minimum Gasteiger partial charge on any atom is -0.508 e. The van der Waals surface area contributed by atoms with E-state index in [1.807, 2.05) is 0 Å². The van der Waals surface area contributed by atoms with E-state index < -0.39 is 18.4 Å². The van der Waals surface area contributed by atoms with E-state index in [1.54, 1.807) is 18.2 Å². The third kappa shape index (κ3) is 3.73. The van der Waals surface area contributed by atoms with Crippen LogP contribution >= 0.6 is 11.6 Å². The quantitative estimate of drug-likeness (QED) is 0.910. The van der Waals surface area contributed by atoms with Crippen LogP contribution in [0, 0.1) is 0 Å². The fourth-order valence-corrected chi connectivity index (χ4v) is 2.02. The fourth-order valence-electron chi connectivity index (χ4n) is 1.83. The van der Waals surface area contributed by atoms with E-state index in [4.69, 9.17) is 16.7 Å². The first kappa shape index (κ1) is 14.9. The molecule has 0 bridgehead atoms. The Morgan fingerprint density at radius 3 is 2.33 bits per heavy atom. The predicted molar refractivity (Wildman–Crippen MR) is 78.9 cm³/mol. The number of carbonyl (C=O) groups excluding carboxylic acids is 1. The van der Waals surface area contributed by atoms with Crippen LogP contribution in [0.1, 0.15) is 10.4 Å². The van der Waals surface area contributed by atoms with Gasteiger partial charge < -0.3 is 10.2 Å². The summed E-state index contributed by atoms with van der Waals surface area (Å²) in [5.74, 6) is -1.59. The third-order valence-electron chi connectivity index (χ3n) is 2.77. The molecule has 0 radical (unpaired) electrons. The smallest absolute Gasteiger partial charge is 0.323 e. The number of phenolic OH excluding ortho intramolecular Hbond substituents is 1. The van der Waals surface area contributed by atoms with Crippen molar-refractivity contribution in [2.75, 3.05) is 11.4 Å². The van der Waals surface area contributed by atoms with Crippen molar-refractivity contribution in [1.29, 1.82) is 0 Å². The zero-order valence-electron chi connectivity index (χ0n) is 10.9. The lowest BCUT2D eigenvalue weighted by atomic mass is 10.1. The van der Waals surface area contributed by atoms with Crippen molar-refractivity contribution in [3.8, 4) is 5.75 Å². The van der Waals surface area contributed by atoms with Crippen LogP contribution in [0.25, 0.3) is 0 Å². The number of anilines is 1. The van der Waals surface area contributed by atoms with Gasteiger partial charge in [0.05, 0.1) is 0 Å². The number of nitrogens with zero attached hydrogens (tertiary/aromatic N) is 1. The van der Waals surface area contributed by atoms with Gasteiger partial charge in [-0.1, -0.05) is 17.7 Å². The molecule has 108 valence electrons. The maximum atomic E-state index is 12.5. The van der Waals surface area contributed by atoms with Gasteiger partial charge in [0.25, 0.3) is 5.91 Å². The molecule has 2 aromatic carbocycles. The second kappa shape index (κ2) is 6.28. The molecular weight excluding hydrogens is 294 g/mol. The first-order valence-corrected chi connectivity index (χ1v) is 6.43. The van der Waals surface area contributed by atoms with E-state index in [1.165, 1.54) is 30.3 Å². The minimum absolute atomic E-state index is 0.0317. The molecule has 0 fully saturated rings. The van der Waals surface area contributed by atoms with E-state index in [9.17, 15) is 14.7 Å². The summed E-state index contributed by atoms with van der Waals surface area (Å²) in [6.07, 6.45) is 0. The highest BCUT2D eigenvalue weighted by Crippen LogP contribution is 2.21. The summed E-state index contributed by atoms with van der Waals surface area (Å²) in [6, 6.07) is 12.0. The lowest BCUT2D eigenvalue weighted by Gasteiger charge is -2.21. The molecule has 0 heterocycles. The largest absolute Gasteiger partial charge is 0.508 e. The highest BCUT2D eigenvalue weighted by molar-refractivity contribution is 6.31. The van der Waals surface area contributed by atoms with Crippen LogP contribution in [0.4, 0.5) is 5.69 Å². The molecule has 0 spiro atoms. The van der Waals surface area contributed by atoms with Gasteiger partial charge in [0.2, 0.25) is 0 Å².